The summed E-state index contributed by atoms with van der Waals surface area (Å²) in [5.74, 6) is -0.893. The highest BCUT2D eigenvalue weighted by molar-refractivity contribution is 6.69. The minimum absolute atomic E-state index is 0.0941. The Morgan fingerprint density at radius 3 is 2.05 bits per heavy atom. The summed E-state index contributed by atoms with van der Waals surface area (Å²) in [5.41, 5.74) is 0.377. The van der Waals surface area contributed by atoms with Gasteiger partial charge in [0.25, 0.3) is 0 Å². The van der Waals surface area contributed by atoms with Gasteiger partial charge in [0, 0.05) is 5.56 Å². The molecule has 21 heavy (non-hydrogen) atoms. The van der Waals surface area contributed by atoms with E-state index in [9.17, 15) is 8.78 Å². The molecular weight excluding hydrogens is 302 g/mol. The summed E-state index contributed by atoms with van der Waals surface area (Å²) in [4.78, 5) is 0. The number of nitrogens with zero attached hydrogens (tertiary/aromatic N) is 2. The lowest BCUT2D eigenvalue weighted by molar-refractivity contribution is 0.320. The largest absolute Gasteiger partial charge is 0.411 e. The molecule has 110 valence electrons. The first-order valence-corrected chi connectivity index (χ1v) is 6.02. The number of benzene rings is 2. The molecule has 0 unspecified atom stereocenters. The summed E-state index contributed by atoms with van der Waals surface area (Å²) in [6, 6.07) is 11.9. The molecule has 7 heteroatoms. The second-order valence-electron chi connectivity index (χ2n) is 3.64. The predicted octanol–water partition coefficient (Wildman–Crippen LogP) is 3.83. The Hall–Kier alpha value is -2.47. The molecule has 4 nitrogen and oxygen atoms in total. The summed E-state index contributed by atoms with van der Waals surface area (Å²) in [5, 5.41) is 21.4. The number of halogens is 3. The number of oxime groups is 2. The minimum atomic E-state index is -0.504. The number of hydrogen-bond donors (Lipinski definition) is 2. The molecule has 2 aromatic carbocycles. The molecule has 0 amide bonds. The zero-order valence-electron chi connectivity index (χ0n) is 10.6. The van der Waals surface area contributed by atoms with E-state index in [1.807, 2.05) is 0 Å². The van der Waals surface area contributed by atoms with Gasteiger partial charge in [-0.05, 0) is 18.2 Å². The number of hydrogen-bond acceptors (Lipinski definition) is 4. The van der Waals surface area contributed by atoms with Gasteiger partial charge in [0.1, 0.15) is 11.6 Å². The molecule has 2 rings (SSSR count). The highest BCUT2D eigenvalue weighted by Gasteiger charge is 2.05. The summed E-state index contributed by atoms with van der Waals surface area (Å²) in [6.07, 6.45) is 1.05. The molecule has 0 radical (unpaired) electrons. The normalized spacial score (nSPS) is 11.1. The quantitative estimate of drug-likeness (QED) is 0.503. The second-order valence-corrected chi connectivity index (χ2v) is 3.99. The maximum Gasteiger partial charge on any atom is 0.178 e. The van der Waals surface area contributed by atoms with Crippen LogP contribution in [0.5, 0.6) is 0 Å². The van der Waals surface area contributed by atoms with E-state index in [4.69, 9.17) is 22.0 Å². The van der Waals surface area contributed by atoms with Crippen molar-refractivity contribution in [2.45, 2.75) is 0 Å². The van der Waals surface area contributed by atoms with Gasteiger partial charge < -0.3 is 10.4 Å². The van der Waals surface area contributed by atoms with Gasteiger partial charge in [0.2, 0.25) is 0 Å². The third-order valence-electron chi connectivity index (χ3n) is 2.29. The van der Waals surface area contributed by atoms with Gasteiger partial charge in [-0.3, -0.25) is 0 Å². The van der Waals surface area contributed by atoms with Crippen molar-refractivity contribution >= 4 is 23.0 Å². The van der Waals surface area contributed by atoms with Crippen LogP contribution in [0.2, 0.25) is 0 Å². The predicted molar refractivity (Wildman–Crippen MR) is 76.4 cm³/mol. The Bertz CT molecular complexity index is 648. The molecule has 2 aromatic rings. The molecule has 0 spiro atoms. The molecule has 0 aliphatic heterocycles. The lowest BCUT2D eigenvalue weighted by Crippen LogP contribution is -1.94. The van der Waals surface area contributed by atoms with E-state index in [1.54, 1.807) is 18.2 Å². The third kappa shape index (κ3) is 5.19. The SMILES string of the molecule is O/N=C(\Cl)c1ccccc1F.O/N=C/c1ccccc1F. The fourth-order valence-corrected chi connectivity index (χ4v) is 1.48. The maximum absolute atomic E-state index is 12.8. The highest BCUT2D eigenvalue weighted by atomic mass is 35.5. The standard InChI is InChI=1S/C7H5ClFNO.C7H6FNO/c8-7(10-11)5-3-1-2-4-6(5)9;8-7-4-2-1-3-6(7)5-9-10/h1-4,11H;1-5,10H/b10-7-;9-5+. The fraction of sp³-hybridized carbons (Fsp3) is 0. The zero-order valence-corrected chi connectivity index (χ0v) is 11.4. The Morgan fingerprint density at radius 2 is 1.52 bits per heavy atom. The fourth-order valence-electron chi connectivity index (χ4n) is 1.32. The van der Waals surface area contributed by atoms with Gasteiger partial charge in [-0.15, -0.1) is 0 Å². The Balaban J connectivity index is 0.000000211. The zero-order chi connectivity index (χ0) is 15.7. The average molecular weight is 313 g/mol. The molecule has 0 saturated heterocycles. The van der Waals surface area contributed by atoms with Crippen LogP contribution in [-0.2, 0) is 0 Å². The van der Waals surface area contributed by atoms with Crippen LogP contribution < -0.4 is 0 Å². The summed E-state index contributed by atoms with van der Waals surface area (Å²) >= 11 is 5.36. The molecule has 2 N–H and O–H groups in total. The van der Waals surface area contributed by atoms with E-state index in [-0.39, 0.29) is 22.1 Å². The first kappa shape index (κ1) is 16.6. The van der Waals surface area contributed by atoms with Crippen LogP contribution in [0, 0.1) is 11.6 Å². The molecule has 0 aromatic heterocycles. The highest BCUT2D eigenvalue weighted by Crippen LogP contribution is 2.09. The summed E-state index contributed by atoms with van der Waals surface area (Å²) < 4.78 is 25.3. The van der Waals surface area contributed by atoms with E-state index in [1.165, 1.54) is 30.3 Å². The van der Waals surface area contributed by atoms with Crippen LogP contribution in [0.25, 0.3) is 0 Å². The minimum Gasteiger partial charge on any atom is -0.411 e. The van der Waals surface area contributed by atoms with Crippen molar-refractivity contribution in [3.8, 4) is 0 Å². The van der Waals surface area contributed by atoms with Crippen molar-refractivity contribution in [1.82, 2.24) is 0 Å². The van der Waals surface area contributed by atoms with Gasteiger partial charge in [0.15, 0.2) is 5.17 Å². The van der Waals surface area contributed by atoms with Crippen LogP contribution in [-0.4, -0.2) is 21.8 Å². The van der Waals surface area contributed by atoms with Crippen molar-refractivity contribution in [3.05, 3.63) is 71.3 Å². The van der Waals surface area contributed by atoms with Crippen molar-refractivity contribution in [3.63, 3.8) is 0 Å². The molecule has 0 fully saturated rings. The Kier molecular flexibility index (Phi) is 6.83. The number of rotatable bonds is 2. The first-order valence-electron chi connectivity index (χ1n) is 5.64. The average Bonchev–Trinajstić information content (AvgIpc) is 2.50. The van der Waals surface area contributed by atoms with E-state index >= 15 is 0 Å². The van der Waals surface area contributed by atoms with Gasteiger partial charge in [-0.25, -0.2) is 8.78 Å². The lowest BCUT2D eigenvalue weighted by atomic mass is 10.2. The van der Waals surface area contributed by atoms with Gasteiger partial charge in [-0.1, -0.05) is 52.2 Å². The lowest BCUT2D eigenvalue weighted by Gasteiger charge is -1.95. The van der Waals surface area contributed by atoms with Crippen LogP contribution >= 0.6 is 11.6 Å². The van der Waals surface area contributed by atoms with Crippen molar-refractivity contribution in [2.24, 2.45) is 10.3 Å². The molecule has 0 aliphatic carbocycles. The van der Waals surface area contributed by atoms with Crippen LogP contribution in [0.3, 0.4) is 0 Å². The van der Waals surface area contributed by atoms with Crippen LogP contribution in [0.4, 0.5) is 8.78 Å². The molecule has 0 saturated carbocycles. The van der Waals surface area contributed by atoms with Crippen LogP contribution in [0.1, 0.15) is 11.1 Å². The van der Waals surface area contributed by atoms with Gasteiger partial charge in [0.05, 0.1) is 11.8 Å². The van der Waals surface area contributed by atoms with E-state index in [0.29, 0.717) is 0 Å². The summed E-state index contributed by atoms with van der Waals surface area (Å²) in [6.45, 7) is 0. The third-order valence-corrected chi connectivity index (χ3v) is 2.57. The van der Waals surface area contributed by atoms with E-state index in [2.05, 4.69) is 10.3 Å². The summed E-state index contributed by atoms with van der Waals surface area (Å²) in [7, 11) is 0. The van der Waals surface area contributed by atoms with Crippen LogP contribution in [0.15, 0.2) is 58.8 Å². The first-order chi connectivity index (χ1) is 10.1. The van der Waals surface area contributed by atoms with Gasteiger partial charge >= 0.3 is 0 Å². The topological polar surface area (TPSA) is 65.2 Å². The molecule has 0 atom stereocenters. The smallest absolute Gasteiger partial charge is 0.178 e. The Morgan fingerprint density at radius 1 is 0.952 bits per heavy atom. The molecular formula is C14H11ClF2N2O2. The maximum atomic E-state index is 12.8. The van der Waals surface area contributed by atoms with E-state index < -0.39 is 5.82 Å². The van der Waals surface area contributed by atoms with Crippen molar-refractivity contribution in [1.29, 1.82) is 0 Å². The van der Waals surface area contributed by atoms with E-state index in [0.717, 1.165) is 6.21 Å². The Labute approximate surface area is 124 Å². The molecule has 0 aliphatic rings. The molecule has 0 bridgehead atoms. The molecule has 0 heterocycles. The second kappa shape index (κ2) is 8.65. The van der Waals surface area contributed by atoms with Crippen molar-refractivity contribution in [2.75, 3.05) is 0 Å². The monoisotopic (exact) mass is 312 g/mol. The van der Waals surface area contributed by atoms with Gasteiger partial charge in [-0.2, -0.15) is 0 Å². The van der Waals surface area contributed by atoms with Crippen molar-refractivity contribution < 1.29 is 19.2 Å².